The molecule has 0 N–H and O–H groups in total. The van der Waals surface area contributed by atoms with E-state index < -0.39 is 0 Å². The zero-order valence-electron chi connectivity index (χ0n) is 26.6. The lowest BCUT2D eigenvalue weighted by molar-refractivity contribution is 0.945. The smallest absolute Gasteiger partial charge is 0.00262 e. The second-order valence-electron chi connectivity index (χ2n) is 13.1. The first-order valence-electron chi connectivity index (χ1n) is 17.0. The molecule has 1 aliphatic rings. The van der Waals surface area contributed by atoms with Crippen molar-refractivity contribution >= 4 is 43.1 Å². The van der Waals surface area contributed by atoms with Crippen LogP contribution in [0.3, 0.4) is 0 Å². The first-order valence-corrected chi connectivity index (χ1v) is 17.0. The van der Waals surface area contributed by atoms with E-state index in [9.17, 15) is 0 Å². The van der Waals surface area contributed by atoms with E-state index in [0.717, 1.165) is 12.8 Å². The fourth-order valence-electron chi connectivity index (χ4n) is 8.34. The van der Waals surface area contributed by atoms with Crippen LogP contribution in [0.1, 0.15) is 11.1 Å². The normalized spacial score (nSPS) is 12.4. The van der Waals surface area contributed by atoms with Gasteiger partial charge in [0.25, 0.3) is 0 Å². The van der Waals surface area contributed by atoms with Crippen LogP contribution in [0.5, 0.6) is 0 Å². The highest BCUT2D eigenvalue weighted by molar-refractivity contribution is 6.21. The lowest BCUT2D eigenvalue weighted by atomic mass is 9.80. The van der Waals surface area contributed by atoms with E-state index in [1.807, 2.05) is 0 Å². The molecule has 0 aromatic heterocycles. The van der Waals surface area contributed by atoms with Crippen LogP contribution in [-0.2, 0) is 12.8 Å². The van der Waals surface area contributed by atoms with Crippen LogP contribution in [0.15, 0.2) is 170 Å². The van der Waals surface area contributed by atoms with Gasteiger partial charge in [-0.25, -0.2) is 0 Å². The van der Waals surface area contributed by atoms with Crippen molar-refractivity contribution in [2.24, 2.45) is 0 Å². The van der Waals surface area contributed by atoms with Crippen molar-refractivity contribution in [2.45, 2.75) is 12.8 Å². The van der Waals surface area contributed by atoms with Gasteiger partial charge in [-0.05, 0) is 118 Å². The Kier molecular flexibility index (Phi) is 6.11. The molecule has 0 nitrogen and oxygen atoms in total. The third-order valence-corrected chi connectivity index (χ3v) is 10.6. The highest BCUT2D eigenvalue weighted by atomic mass is 14.3. The van der Waals surface area contributed by atoms with Crippen LogP contribution in [0, 0.1) is 0 Å². The van der Waals surface area contributed by atoms with Crippen LogP contribution in [0.25, 0.3) is 87.6 Å². The maximum atomic E-state index is 2.48. The van der Waals surface area contributed by atoms with E-state index >= 15 is 0 Å². The average Bonchev–Trinajstić information content (AvgIpc) is 3.16. The van der Waals surface area contributed by atoms with Gasteiger partial charge in [0.2, 0.25) is 0 Å². The van der Waals surface area contributed by atoms with Crippen LogP contribution < -0.4 is 0 Å². The number of benzene rings is 9. The van der Waals surface area contributed by atoms with Gasteiger partial charge in [-0.1, -0.05) is 164 Å². The Bertz CT molecular complexity index is 2650. The fourth-order valence-corrected chi connectivity index (χ4v) is 8.34. The molecule has 0 heteroatoms. The SMILES string of the molecule is c1ccc2c(-c3ccc(-c4c5ccccc5c(-c5ccc6c(c5)-c5c(ccc7ccccc57)CC6)c5ccccc45)cc3)cccc2c1. The fraction of sp³-hybridized carbons (Fsp3) is 0.0417. The summed E-state index contributed by atoms with van der Waals surface area (Å²) in [6.45, 7) is 0. The number of fused-ring (bicyclic) bond motifs is 8. The largest absolute Gasteiger partial charge is 0.0616 e. The van der Waals surface area contributed by atoms with Gasteiger partial charge >= 0.3 is 0 Å². The Hall–Kier alpha value is -5.98. The standard InChI is InChI=1S/C48H32/c1-3-13-38-31(10-1)12-9-19-39(38)33-21-26-36(27-22-33)47-41-15-5-7-17-43(41)48(44-18-8-6-16-42(44)47)37-29-24-34-23-28-35-25-20-32-11-2-4-14-40(32)46(35)45(34)30-37/h1-22,24-27,29-30H,23,28H2. The molecule has 0 unspecified atom stereocenters. The molecule has 9 aromatic rings. The van der Waals surface area contributed by atoms with Crippen molar-refractivity contribution < 1.29 is 0 Å². The molecule has 0 saturated carbocycles. The van der Waals surface area contributed by atoms with Crippen LogP contribution in [-0.4, -0.2) is 0 Å². The molecule has 1 aliphatic carbocycles. The summed E-state index contributed by atoms with van der Waals surface area (Å²) in [5, 5.41) is 10.4. The molecule has 10 rings (SSSR count). The van der Waals surface area contributed by atoms with Gasteiger partial charge in [0, 0.05) is 0 Å². The molecule has 0 aliphatic heterocycles. The molecule has 0 heterocycles. The minimum absolute atomic E-state index is 1.08. The summed E-state index contributed by atoms with van der Waals surface area (Å²) in [6, 6.07) is 63.1. The Morgan fingerprint density at radius 3 is 1.44 bits per heavy atom. The monoisotopic (exact) mass is 608 g/mol. The van der Waals surface area contributed by atoms with Crippen molar-refractivity contribution in [3.8, 4) is 44.5 Å². The van der Waals surface area contributed by atoms with E-state index in [-0.39, 0.29) is 0 Å². The second-order valence-corrected chi connectivity index (χ2v) is 13.1. The van der Waals surface area contributed by atoms with E-state index in [2.05, 4.69) is 170 Å². The van der Waals surface area contributed by atoms with E-state index in [4.69, 9.17) is 0 Å². The topological polar surface area (TPSA) is 0 Å². The molecule has 0 radical (unpaired) electrons. The summed E-state index contributed by atoms with van der Waals surface area (Å²) in [5.41, 5.74) is 13.3. The Morgan fingerprint density at radius 2 is 0.750 bits per heavy atom. The van der Waals surface area contributed by atoms with Gasteiger partial charge in [-0.3, -0.25) is 0 Å². The summed E-state index contributed by atoms with van der Waals surface area (Å²) in [4.78, 5) is 0. The lowest BCUT2D eigenvalue weighted by Gasteiger charge is -2.24. The zero-order valence-corrected chi connectivity index (χ0v) is 26.6. The maximum absolute atomic E-state index is 2.48. The van der Waals surface area contributed by atoms with Gasteiger partial charge in [0.15, 0.2) is 0 Å². The molecular formula is C48H32. The average molecular weight is 609 g/mol. The Morgan fingerprint density at radius 1 is 0.271 bits per heavy atom. The summed E-state index contributed by atoms with van der Waals surface area (Å²) >= 11 is 0. The molecule has 0 atom stereocenters. The van der Waals surface area contributed by atoms with Crippen molar-refractivity contribution in [3.05, 3.63) is 181 Å². The van der Waals surface area contributed by atoms with Crippen LogP contribution in [0.2, 0.25) is 0 Å². The summed E-state index contributed by atoms with van der Waals surface area (Å²) in [7, 11) is 0. The zero-order chi connectivity index (χ0) is 31.6. The van der Waals surface area contributed by atoms with Gasteiger partial charge < -0.3 is 0 Å². The molecule has 48 heavy (non-hydrogen) atoms. The molecule has 0 saturated heterocycles. The summed E-state index contributed by atoms with van der Waals surface area (Å²) in [6.07, 6.45) is 2.17. The Labute approximate surface area is 280 Å². The molecule has 9 aromatic carbocycles. The van der Waals surface area contributed by atoms with Gasteiger partial charge in [-0.15, -0.1) is 0 Å². The molecule has 0 bridgehead atoms. The number of rotatable bonds is 3. The predicted octanol–water partition coefficient (Wildman–Crippen LogP) is 13.1. The van der Waals surface area contributed by atoms with Crippen molar-refractivity contribution in [3.63, 3.8) is 0 Å². The van der Waals surface area contributed by atoms with Gasteiger partial charge in [0.05, 0.1) is 0 Å². The first-order chi connectivity index (χ1) is 23.8. The van der Waals surface area contributed by atoms with Crippen LogP contribution >= 0.6 is 0 Å². The lowest BCUT2D eigenvalue weighted by Crippen LogP contribution is -2.05. The van der Waals surface area contributed by atoms with E-state index in [0.29, 0.717) is 0 Å². The molecule has 0 fully saturated rings. The van der Waals surface area contributed by atoms with Gasteiger partial charge in [-0.2, -0.15) is 0 Å². The first kappa shape index (κ1) is 27.2. The summed E-state index contributed by atoms with van der Waals surface area (Å²) in [5.74, 6) is 0. The maximum Gasteiger partial charge on any atom is -0.00262 e. The third-order valence-electron chi connectivity index (χ3n) is 10.6. The third kappa shape index (κ3) is 4.16. The predicted molar refractivity (Wildman–Crippen MR) is 206 cm³/mol. The van der Waals surface area contributed by atoms with Crippen LogP contribution in [0.4, 0.5) is 0 Å². The van der Waals surface area contributed by atoms with E-state index in [1.54, 1.807) is 0 Å². The number of hydrogen-bond donors (Lipinski definition) is 0. The second kappa shape index (κ2) is 10.8. The Balaban J connectivity index is 1.18. The quantitative estimate of drug-likeness (QED) is 0.175. The van der Waals surface area contributed by atoms with E-state index in [1.165, 1.54) is 98.7 Å². The highest BCUT2D eigenvalue weighted by Crippen LogP contribution is 2.46. The van der Waals surface area contributed by atoms with Crippen molar-refractivity contribution in [1.82, 2.24) is 0 Å². The molecule has 224 valence electrons. The number of aryl methyl sites for hydroxylation is 2. The minimum atomic E-state index is 1.08. The highest BCUT2D eigenvalue weighted by Gasteiger charge is 2.22. The molecule has 0 spiro atoms. The molecular weight excluding hydrogens is 577 g/mol. The summed E-state index contributed by atoms with van der Waals surface area (Å²) < 4.78 is 0. The van der Waals surface area contributed by atoms with Gasteiger partial charge in [0.1, 0.15) is 0 Å². The molecule has 0 amide bonds. The van der Waals surface area contributed by atoms with Crippen molar-refractivity contribution in [1.29, 1.82) is 0 Å². The van der Waals surface area contributed by atoms with Crippen molar-refractivity contribution in [2.75, 3.05) is 0 Å². The number of hydrogen-bond acceptors (Lipinski definition) is 0. The minimum Gasteiger partial charge on any atom is -0.0616 e.